The van der Waals surface area contributed by atoms with Crippen molar-refractivity contribution in [2.24, 2.45) is 0 Å². The van der Waals surface area contributed by atoms with Crippen molar-refractivity contribution in [2.45, 2.75) is 6.92 Å². The Kier molecular flexibility index (Phi) is 4.21. The summed E-state index contributed by atoms with van der Waals surface area (Å²) in [6.45, 7) is 1.84. The summed E-state index contributed by atoms with van der Waals surface area (Å²) < 4.78 is 5.06. The van der Waals surface area contributed by atoms with Gasteiger partial charge in [-0.1, -0.05) is 35.3 Å². The zero-order valence-corrected chi connectivity index (χ0v) is 12.5. The van der Waals surface area contributed by atoms with Gasteiger partial charge in [-0.05, 0) is 24.6 Å². The predicted octanol–water partition coefficient (Wildman–Crippen LogP) is 4.12. The van der Waals surface area contributed by atoms with Gasteiger partial charge in [0, 0.05) is 22.9 Å². The van der Waals surface area contributed by atoms with Crippen molar-refractivity contribution in [3.63, 3.8) is 0 Å². The van der Waals surface area contributed by atoms with Gasteiger partial charge in [-0.2, -0.15) is 0 Å². The molecule has 0 spiro atoms. The minimum atomic E-state index is -0.263. The molecule has 0 aliphatic carbocycles. The lowest BCUT2D eigenvalue weighted by atomic mass is 9.99. The second kappa shape index (κ2) is 5.73. The largest absolute Gasteiger partial charge is 0.495 e. The average Bonchev–Trinajstić information content (AvgIpc) is 2.43. The Labute approximate surface area is 127 Å². The molecule has 2 rings (SSSR count). The molecule has 0 aromatic heterocycles. The number of anilines is 1. The van der Waals surface area contributed by atoms with Crippen LogP contribution in [-0.2, 0) is 0 Å². The molecule has 0 radical (unpaired) electrons. The number of nitrogens with two attached hydrogens (primary N) is 1. The molecule has 0 fully saturated rings. The van der Waals surface area contributed by atoms with E-state index in [-0.39, 0.29) is 10.8 Å². The molecule has 5 heteroatoms. The van der Waals surface area contributed by atoms with Crippen LogP contribution in [0.2, 0.25) is 10.0 Å². The second-order valence-corrected chi connectivity index (χ2v) is 5.15. The zero-order chi connectivity index (χ0) is 14.9. The van der Waals surface area contributed by atoms with E-state index in [2.05, 4.69) is 0 Å². The minimum Gasteiger partial charge on any atom is -0.495 e. The van der Waals surface area contributed by atoms with Gasteiger partial charge in [0.1, 0.15) is 5.75 Å². The number of rotatable bonds is 3. The number of ketones is 1. The first-order chi connectivity index (χ1) is 9.45. The van der Waals surface area contributed by atoms with E-state index in [1.807, 2.05) is 13.0 Å². The van der Waals surface area contributed by atoms with E-state index >= 15 is 0 Å². The SMILES string of the molecule is COc1cc(Cl)c(C(=O)c2cccc(C)c2N)cc1Cl. The molecule has 0 unspecified atom stereocenters. The van der Waals surface area contributed by atoms with E-state index in [9.17, 15) is 4.79 Å². The minimum absolute atomic E-state index is 0.263. The Morgan fingerprint density at radius 3 is 2.50 bits per heavy atom. The summed E-state index contributed by atoms with van der Waals surface area (Å²) in [5.41, 5.74) is 7.94. The Balaban J connectivity index is 2.54. The monoisotopic (exact) mass is 309 g/mol. The molecule has 0 saturated carbocycles. The molecule has 0 atom stereocenters. The van der Waals surface area contributed by atoms with Gasteiger partial charge in [0.05, 0.1) is 17.2 Å². The van der Waals surface area contributed by atoms with Crippen molar-refractivity contribution in [3.05, 3.63) is 57.1 Å². The lowest BCUT2D eigenvalue weighted by Gasteiger charge is -2.11. The van der Waals surface area contributed by atoms with Crippen molar-refractivity contribution in [1.29, 1.82) is 0 Å². The third-order valence-electron chi connectivity index (χ3n) is 3.05. The standard InChI is InChI=1S/C15H13Cl2NO2/c1-8-4-3-5-9(14(8)18)15(19)10-6-12(17)13(20-2)7-11(10)16/h3-7H,18H2,1-2H3. The summed E-state index contributed by atoms with van der Waals surface area (Å²) in [7, 11) is 1.48. The molecule has 0 aliphatic heterocycles. The zero-order valence-electron chi connectivity index (χ0n) is 11.0. The normalized spacial score (nSPS) is 10.4. The highest BCUT2D eigenvalue weighted by atomic mass is 35.5. The van der Waals surface area contributed by atoms with Gasteiger partial charge >= 0.3 is 0 Å². The molecular weight excluding hydrogens is 297 g/mol. The topological polar surface area (TPSA) is 52.3 Å². The van der Waals surface area contributed by atoms with E-state index in [1.54, 1.807) is 12.1 Å². The molecule has 0 aliphatic rings. The lowest BCUT2D eigenvalue weighted by molar-refractivity contribution is 0.103. The van der Waals surface area contributed by atoms with Crippen LogP contribution in [0.15, 0.2) is 30.3 Å². The average molecular weight is 310 g/mol. The van der Waals surface area contributed by atoms with Crippen LogP contribution in [-0.4, -0.2) is 12.9 Å². The van der Waals surface area contributed by atoms with E-state index in [1.165, 1.54) is 19.2 Å². The van der Waals surface area contributed by atoms with Gasteiger partial charge < -0.3 is 10.5 Å². The van der Waals surface area contributed by atoms with E-state index in [4.69, 9.17) is 33.7 Å². The van der Waals surface area contributed by atoms with Crippen molar-refractivity contribution in [1.82, 2.24) is 0 Å². The molecule has 0 bridgehead atoms. The molecule has 2 aromatic rings. The molecule has 3 nitrogen and oxygen atoms in total. The fourth-order valence-corrected chi connectivity index (χ4v) is 2.36. The number of ether oxygens (including phenoxy) is 1. The first-order valence-electron chi connectivity index (χ1n) is 5.88. The quantitative estimate of drug-likeness (QED) is 0.685. The van der Waals surface area contributed by atoms with Crippen LogP contribution >= 0.6 is 23.2 Å². The smallest absolute Gasteiger partial charge is 0.196 e. The van der Waals surface area contributed by atoms with E-state index in [0.717, 1.165) is 5.56 Å². The summed E-state index contributed by atoms with van der Waals surface area (Å²) in [5, 5.41) is 0.601. The number of carbonyl (C=O) groups is 1. The van der Waals surface area contributed by atoms with Gasteiger partial charge in [-0.3, -0.25) is 4.79 Å². The number of carbonyl (C=O) groups excluding carboxylic acids is 1. The Morgan fingerprint density at radius 1 is 1.15 bits per heavy atom. The predicted molar refractivity (Wildman–Crippen MR) is 82.0 cm³/mol. The highest BCUT2D eigenvalue weighted by Crippen LogP contribution is 2.33. The van der Waals surface area contributed by atoms with E-state index < -0.39 is 0 Å². The summed E-state index contributed by atoms with van der Waals surface area (Å²) in [6, 6.07) is 8.29. The summed E-state index contributed by atoms with van der Waals surface area (Å²) in [6.07, 6.45) is 0. The summed E-state index contributed by atoms with van der Waals surface area (Å²) in [5.74, 6) is 0.159. The number of para-hydroxylation sites is 1. The third kappa shape index (κ3) is 2.60. The molecule has 2 N–H and O–H groups in total. The molecule has 20 heavy (non-hydrogen) atoms. The number of halogens is 2. The van der Waals surface area contributed by atoms with Crippen molar-refractivity contribution >= 4 is 34.7 Å². The highest BCUT2D eigenvalue weighted by Gasteiger charge is 2.18. The van der Waals surface area contributed by atoms with Crippen LogP contribution < -0.4 is 10.5 Å². The molecule has 104 valence electrons. The van der Waals surface area contributed by atoms with Gasteiger partial charge in [-0.15, -0.1) is 0 Å². The lowest BCUT2D eigenvalue weighted by Crippen LogP contribution is -2.07. The summed E-state index contributed by atoms with van der Waals surface area (Å²) in [4.78, 5) is 12.5. The van der Waals surface area contributed by atoms with Crippen molar-refractivity contribution < 1.29 is 9.53 Å². The van der Waals surface area contributed by atoms with Crippen molar-refractivity contribution in [3.8, 4) is 5.75 Å². The number of nitrogen functional groups attached to an aromatic ring is 1. The van der Waals surface area contributed by atoms with Gasteiger partial charge in [-0.25, -0.2) is 0 Å². The number of benzene rings is 2. The first kappa shape index (κ1) is 14.7. The maximum absolute atomic E-state index is 12.5. The fraction of sp³-hybridized carbons (Fsp3) is 0.133. The van der Waals surface area contributed by atoms with Gasteiger partial charge in [0.15, 0.2) is 5.78 Å². The number of methoxy groups -OCH3 is 1. The van der Waals surface area contributed by atoms with E-state index in [0.29, 0.717) is 27.6 Å². The fourth-order valence-electron chi connectivity index (χ4n) is 1.88. The van der Waals surface area contributed by atoms with Crippen LogP contribution in [0.5, 0.6) is 5.75 Å². The number of hydrogen-bond acceptors (Lipinski definition) is 3. The third-order valence-corrected chi connectivity index (χ3v) is 3.66. The molecular formula is C15H13Cl2NO2. The molecule has 0 saturated heterocycles. The first-order valence-corrected chi connectivity index (χ1v) is 6.64. The molecule has 2 aromatic carbocycles. The Hall–Kier alpha value is -1.71. The Morgan fingerprint density at radius 2 is 1.85 bits per heavy atom. The van der Waals surface area contributed by atoms with Gasteiger partial charge in [0.2, 0.25) is 0 Å². The number of hydrogen-bond donors (Lipinski definition) is 1. The molecule has 0 amide bonds. The molecule has 0 heterocycles. The van der Waals surface area contributed by atoms with Crippen molar-refractivity contribution in [2.75, 3.05) is 12.8 Å². The Bertz CT molecular complexity index is 684. The van der Waals surface area contributed by atoms with Crippen LogP contribution in [0.25, 0.3) is 0 Å². The van der Waals surface area contributed by atoms with Crippen LogP contribution in [0.1, 0.15) is 21.5 Å². The second-order valence-electron chi connectivity index (χ2n) is 4.33. The van der Waals surface area contributed by atoms with Gasteiger partial charge in [0.25, 0.3) is 0 Å². The maximum Gasteiger partial charge on any atom is 0.196 e. The summed E-state index contributed by atoms with van der Waals surface area (Å²) >= 11 is 12.2. The maximum atomic E-state index is 12.5. The highest BCUT2D eigenvalue weighted by molar-refractivity contribution is 6.37. The number of aryl methyl sites for hydroxylation is 1. The van der Waals surface area contributed by atoms with Crippen LogP contribution in [0.4, 0.5) is 5.69 Å². The van der Waals surface area contributed by atoms with Crippen LogP contribution in [0, 0.1) is 6.92 Å². The van der Waals surface area contributed by atoms with Crippen LogP contribution in [0.3, 0.4) is 0 Å².